The Morgan fingerprint density at radius 2 is 2.11 bits per heavy atom. The first-order valence-corrected chi connectivity index (χ1v) is 12.2. The standard InChI is InChI=1S/C27H24FN7O/c28-21-7-2-1-6-19(21)27(14-29)18-9-11-35(13-20(18)27)22-12-31-24-23(33-34-25(24)32-22)16-4-3-5-17-15(16)8-10-30-26(17)36/h1-8,10,12,17-18,20H,9,11,13-14,29H2,(H,32,33,34)/t17?,18-,20+,27-/m1/s1. The molecule has 1 saturated carbocycles. The second kappa shape index (κ2) is 7.76. The molecule has 1 unspecified atom stereocenters. The Labute approximate surface area is 206 Å². The Kier molecular flexibility index (Phi) is 4.59. The molecule has 8 nitrogen and oxygen atoms in total. The number of nitrogens with zero attached hydrogens (tertiary/aromatic N) is 5. The average molecular weight is 482 g/mol. The predicted octanol–water partition coefficient (Wildman–Crippen LogP) is 2.95. The van der Waals surface area contributed by atoms with Gasteiger partial charge in [0, 0.05) is 36.8 Å². The molecule has 1 amide bonds. The lowest BCUT2D eigenvalue weighted by Gasteiger charge is -2.26. The van der Waals surface area contributed by atoms with E-state index in [1.54, 1.807) is 12.3 Å². The molecule has 2 aliphatic carbocycles. The first kappa shape index (κ1) is 21.3. The lowest BCUT2D eigenvalue weighted by atomic mass is 9.84. The van der Waals surface area contributed by atoms with Crippen molar-refractivity contribution < 1.29 is 9.18 Å². The highest BCUT2D eigenvalue weighted by Gasteiger charge is 2.66. The van der Waals surface area contributed by atoms with E-state index in [2.05, 4.69) is 20.1 Å². The third-order valence-electron chi connectivity index (χ3n) is 8.32. The number of nitrogens with one attached hydrogen (secondary N) is 1. The Bertz CT molecular complexity index is 1540. The number of carbonyl (C=O) groups excluding carboxylic acids is 1. The van der Waals surface area contributed by atoms with E-state index in [1.165, 1.54) is 12.3 Å². The highest BCUT2D eigenvalue weighted by Crippen LogP contribution is 2.63. The number of hydrogen-bond donors (Lipinski definition) is 2. The number of fused-ring (bicyclic) bond motifs is 3. The summed E-state index contributed by atoms with van der Waals surface area (Å²) in [4.78, 5) is 27.9. The van der Waals surface area contributed by atoms with Crippen LogP contribution in [0.3, 0.4) is 0 Å². The van der Waals surface area contributed by atoms with Gasteiger partial charge in [-0.05, 0) is 41.5 Å². The van der Waals surface area contributed by atoms with Gasteiger partial charge in [0.15, 0.2) is 0 Å². The summed E-state index contributed by atoms with van der Waals surface area (Å²) >= 11 is 0. The van der Waals surface area contributed by atoms with Crippen LogP contribution in [0.4, 0.5) is 10.2 Å². The highest BCUT2D eigenvalue weighted by atomic mass is 19.1. The van der Waals surface area contributed by atoms with Crippen molar-refractivity contribution in [3.05, 3.63) is 77.4 Å². The largest absolute Gasteiger partial charge is 0.355 e. The lowest BCUT2D eigenvalue weighted by Crippen LogP contribution is -2.32. The molecule has 0 spiro atoms. The van der Waals surface area contributed by atoms with Crippen LogP contribution in [0, 0.1) is 23.6 Å². The number of aromatic amines is 1. The quantitative estimate of drug-likeness (QED) is 0.593. The number of piperidine rings is 1. The number of hydrogen-bond acceptors (Lipinski definition) is 6. The number of anilines is 1. The van der Waals surface area contributed by atoms with Crippen LogP contribution in [-0.4, -0.2) is 51.9 Å². The van der Waals surface area contributed by atoms with E-state index in [0.717, 1.165) is 47.7 Å². The van der Waals surface area contributed by atoms with Gasteiger partial charge in [0.05, 0.1) is 17.8 Å². The summed E-state index contributed by atoms with van der Waals surface area (Å²) in [5.74, 6) is 0.647. The molecule has 4 heterocycles. The van der Waals surface area contributed by atoms with Crippen molar-refractivity contribution >= 4 is 34.7 Å². The molecule has 3 N–H and O–H groups in total. The molecule has 0 bridgehead atoms. The first-order valence-electron chi connectivity index (χ1n) is 12.2. The Hall–Kier alpha value is -3.98. The number of carbonyl (C=O) groups is 1. The summed E-state index contributed by atoms with van der Waals surface area (Å²) in [7, 11) is 0. The average Bonchev–Trinajstić information content (AvgIpc) is 3.37. The van der Waals surface area contributed by atoms with Gasteiger partial charge in [-0.25, -0.2) is 19.4 Å². The van der Waals surface area contributed by atoms with Crippen LogP contribution in [0.2, 0.25) is 0 Å². The first-order chi connectivity index (χ1) is 17.6. The number of allylic oxidation sites excluding steroid dienone is 4. The van der Waals surface area contributed by atoms with Gasteiger partial charge in [0.25, 0.3) is 5.91 Å². The molecule has 7 rings (SSSR count). The number of H-pyrrole nitrogens is 1. The predicted molar refractivity (Wildman–Crippen MR) is 135 cm³/mol. The fraction of sp³-hybridized carbons (Fsp3) is 0.296. The van der Waals surface area contributed by atoms with E-state index in [1.807, 2.05) is 36.4 Å². The maximum Gasteiger partial charge on any atom is 0.257 e. The third kappa shape index (κ3) is 2.92. The zero-order chi connectivity index (χ0) is 24.4. The number of dihydropyridines is 1. The van der Waals surface area contributed by atoms with Crippen LogP contribution in [0.15, 0.2) is 65.3 Å². The van der Waals surface area contributed by atoms with Crippen molar-refractivity contribution in [2.75, 3.05) is 24.5 Å². The number of aromatic nitrogens is 4. The maximum absolute atomic E-state index is 14.7. The van der Waals surface area contributed by atoms with Crippen LogP contribution in [0.1, 0.15) is 17.7 Å². The molecule has 2 fully saturated rings. The summed E-state index contributed by atoms with van der Waals surface area (Å²) < 4.78 is 14.7. The molecule has 1 aromatic carbocycles. The SMILES string of the molecule is NC[C@]1(c2ccccc2F)[C@@H]2CCN(c3cnc4c(C5=CC=CC6C(=O)N=CC=C56)[nH]nc4n3)C[C@@H]21. The van der Waals surface area contributed by atoms with E-state index >= 15 is 0 Å². The van der Waals surface area contributed by atoms with Gasteiger partial charge >= 0.3 is 0 Å². The molecule has 0 radical (unpaired) electrons. The maximum atomic E-state index is 14.7. The third-order valence-corrected chi connectivity index (χ3v) is 8.32. The van der Waals surface area contributed by atoms with Crippen LogP contribution >= 0.6 is 0 Å². The molecule has 4 atom stereocenters. The normalized spacial score (nSPS) is 28.6. The minimum absolute atomic E-state index is 0.177. The molecule has 2 aliphatic heterocycles. The van der Waals surface area contributed by atoms with Gasteiger partial charge < -0.3 is 10.6 Å². The van der Waals surface area contributed by atoms with E-state index in [9.17, 15) is 9.18 Å². The molecule has 36 heavy (non-hydrogen) atoms. The highest BCUT2D eigenvalue weighted by molar-refractivity contribution is 6.05. The van der Waals surface area contributed by atoms with E-state index in [0.29, 0.717) is 23.6 Å². The van der Waals surface area contributed by atoms with E-state index < -0.39 is 5.92 Å². The second-order valence-corrected chi connectivity index (χ2v) is 9.85. The minimum Gasteiger partial charge on any atom is -0.355 e. The van der Waals surface area contributed by atoms with Crippen LogP contribution in [0.5, 0.6) is 0 Å². The van der Waals surface area contributed by atoms with Gasteiger partial charge in [-0.15, -0.1) is 0 Å². The van der Waals surface area contributed by atoms with Gasteiger partial charge in [-0.2, -0.15) is 5.10 Å². The van der Waals surface area contributed by atoms with Crippen LogP contribution < -0.4 is 10.6 Å². The van der Waals surface area contributed by atoms with Crippen molar-refractivity contribution in [3.63, 3.8) is 0 Å². The van der Waals surface area contributed by atoms with Crippen molar-refractivity contribution in [1.29, 1.82) is 0 Å². The summed E-state index contributed by atoms with van der Waals surface area (Å²) in [6.45, 7) is 1.98. The fourth-order valence-electron chi connectivity index (χ4n) is 6.50. The Balaban J connectivity index is 1.18. The zero-order valence-electron chi connectivity index (χ0n) is 19.4. The van der Waals surface area contributed by atoms with E-state index in [-0.39, 0.29) is 23.1 Å². The number of amides is 1. The Morgan fingerprint density at radius 1 is 1.22 bits per heavy atom. The Morgan fingerprint density at radius 3 is 2.97 bits per heavy atom. The molecule has 180 valence electrons. The van der Waals surface area contributed by atoms with E-state index in [4.69, 9.17) is 15.7 Å². The van der Waals surface area contributed by atoms with Crippen molar-refractivity contribution in [3.8, 4) is 0 Å². The molecule has 4 aliphatic rings. The smallest absolute Gasteiger partial charge is 0.257 e. The summed E-state index contributed by atoms with van der Waals surface area (Å²) in [5, 5.41) is 7.51. The van der Waals surface area contributed by atoms with Crippen molar-refractivity contribution in [1.82, 2.24) is 20.2 Å². The molecule has 9 heteroatoms. The zero-order valence-corrected chi connectivity index (χ0v) is 19.4. The van der Waals surface area contributed by atoms with Crippen LogP contribution in [0.25, 0.3) is 16.7 Å². The fourth-order valence-corrected chi connectivity index (χ4v) is 6.50. The second-order valence-electron chi connectivity index (χ2n) is 9.85. The summed E-state index contributed by atoms with van der Waals surface area (Å²) in [5.41, 5.74) is 10.3. The van der Waals surface area contributed by atoms with Gasteiger partial charge in [0.2, 0.25) is 5.65 Å². The number of halogens is 1. The molecular formula is C27H24FN7O. The lowest BCUT2D eigenvalue weighted by molar-refractivity contribution is -0.119. The number of rotatable bonds is 4. The molecule has 1 saturated heterocycles. The van der Waals surface area contributed by atoms with Crippen molar-refractivity contribution in [2.45, 2.75) is 11.8 Å². The van der Waals surface area contributed by atoms with Gasteiger partial charge in [-0.1, -0.05) is 36.4 Å². The topological polar surface area (TPSA) is 113 Å². The number of aliphatic imine (C=N–C) groups is 1. The number of benzene rings is 1. The molecule has 2 aromatic heterocycles. The monoisotopic (exact) mass is 481 g/mol. The summed E-state index contributed by atoms with van der Waals surface area (Å²) in [6, 6.07) is 7.01. The van der Waals surface area contributed by atoms with Gasteiger partial charge in [0.1, 0.15) is 17.2 Å². The molecular weight excluding hydrogens is 457 g/mol. The molecule has 3 aromatic rings. The van der Waals surface area contributed by atoms with Crippen LogP contribution in [-0.2, 0) is 10.2 Å². The van der Waals surface area contributed by atoms with Gasteiger partial charge in [-0.3, -0.25) is 9.89 Å². The number of nitrogens with two attached hydrogens (primary N) is 1. The minimum atomic E-state index is -0.391. The van der Waals surface area contributed by atoms with Crippen molar-refractivity contribution in [2.24, 2.45) is 28.5 Å². The summed E-state index contributed by atoms with van der Waals surface area (Å²) in [6.07, 6.45) is 11.7.